The monoisotopic (exact) mass is 285 g/mol. The number of aromatic amines is 1. The Morgan fingerprint density at radius 3 is 2.73 bits per heavy atom. The van der Waals surface area contributed by atoms with Gasteiger partial charge in [-0.2, -0.15) is 0 Å². The standard InChI is InChI=1S/C10H8BrNO2S/c1-5-7(10(13)14)3-8(12-5)9-2-6(11)4-15-9/h2-4,12H,1H3,(H,13,14). The van der Waals surface area contributed by atoms with Crippen LogP contribution in [0.2, 0.25) is 0 Å². The third-order valence-corrected chi connectivity index (χ3v) is 3.80. The van der Waals surface area contributed by atoms with Crippen LogP contribution in [0, 0.1) is 6.92 Å². The summed E-state index contributed by atoms with van der Waals surface area (Å²) in [6.07, 6.45) is 0. The van der Waals surface area contributed by atoms with Crippen LogP contribution in [0.5, 0.6) is 0 Å². The van der Waals surface area contributed by atoms with E-state index in [-0.39, 0.29) is 0 Å². The van der Waals surface area contributed by atoms with Gasteiger partial charge >= 0.3 is 5.97 Å². The van der Waals surface area contributed by atoms with Crippen LogP contribution in [-0.2, 0) is 0 Å². The molecular weight excluding hydrogens is 278 g/mol. The highest BCUT2D eigenvalue weighted by Crippen LogP contribution is 2.30. The molecule has 0 aliphatic heterocycles. The SMILES string of the molecule is Cc1[nH]c(-c2cc(Br)cs2)cc1C(=O)O. The van der Waals surface area contributed by atoms with Gasteiger partial charge < -0.3 is 10.1 Å². The lowest BCUT2D eigenvalue weighted by atomic mass is 10.2. The molecule has 0 bridgehead atoms. The first-order valence-electron chi connectivity index (χ1n) is 4.25. The van der Waals surface area contributed by atoms with Crippen molar-refractivity contribution < 1.29 is 9.90 Å². The highest BCUT2D eigenvalue weighted by atomic mass is 79.9. The van der Waals surface area contributed by atoms with E-state index in [4.69, 9.17) is 5.11 Å². The minimum Gasteiger partial charge on any atom is -0.478 e. The summed E-state index contributed by atoms with van der Waals surface area (Å²) in [5.74, 6) is -0.898. The van der Waals surface area contributed by atoms with E-state index in [2.05, 4.69) is 20.9 Å². The molecular formula is C10H8BrNO2S. The molecule has 0 amide bonds. The van der Waals surface area contributed by atoms with Gasteiger partial charge in [-0.25, -0.2) is 4.79 Å². The Labute approximate surface area is 98.9 Å². The van der Waals surface area contributed by atoms with Crippen molar-refractivity contribution >= 4 is 33.2 Å². The van der Waals surface area contributed by atoms with Gasteiger partial charge in [0, 0.05) is 15.5 Å². The number of aromatic nitrogens is 1. The number of rotatable bonds is 2. The van der Waals surface area contributed by atoms with Gasteiger partial charge in [0.05, 0.1) is 16.1 Å². The van der Waals surface area contributed by atoms with Gasteiger partial charge in [-0.05, 0) is 35.0 Å². The van der Waals surface area contributed by atoms with Crippen molar-refractivity contribution in [1.82, 2.24) is 4.98 Å². The number of carboxylic acids is 1. The van der Waals surface area contributed by atoms with Crippen LogP contribution >= 0.6 is 27.3 Å². The molecule has 15 heavy (non-hydrogen) atoms. The molecule has 2 rings (SSSR count). The Morgan fingerprint density at radius 2 is 2.27 bits per heavy atom. The van der Waals surface area contributed by atoms with Gasteiger partial charge in [0.1, 0.15) is 0 Å². The molecule has 0 saturated carbocycles. The second kappa shape index (κ2) is 3.83. The van der Waals surface area contributed by atoms with Crippen molar-refractivity contribution in [1.29, 1.82) is 0 Å². The summed E-state index contributed by atoms with van der Waals surface area (Å²) in [4.78, 5) is 14.9. The lowest BCUT2D eigenvalue weighted by molar-refractivity contribution is 0.0696. The number of hydrogen-bond donors (Lipinski definition) is 2. The maximum Gasteiger partial charge on any atom is 0.337 e. The van der Waals surface area contributed by atoms with Crippen LogP contribution in [-0.4, -0.2) is 16.1 Å². The predicted octanol–water partition coefficient (Wildman–Crippen LogP) is 3.51. The number of thiophene rings is 1. The summed E-state index contributed by atoms with van der Waals surface area (Å²) in [7, 11) is 0. The van der Waals surface area contributed by atoms with Gasteiger partial charge in [-0.1, -0.05) is 0 Å². The molecule has 0 radical (unpaired) electrons. The number of aromatic carboxylic acids is 1. The summed E-state index contributed by atoms with van der Waals surface area (Å²) < 4.78 is 1.01. The summed E-state index contributed by atoms with van der Waals surface area (Å²) in [6, 6.07) is 3.62. The molecule has 2 aromatic heterocycles. The van der Waals surface area contributed by atoms with Gasteiger partial charge in [0.25, 0.3) is 0 Å². The van der Waals surface area contributed by atoms with E-state index in [1.165, 1.54) is 0 Å². The Balaban J connectivity index is 2.46. The minimum atomic E-state index is -0.898. The lowest BCUT2D eigenvalue weighted by Gasteiger charge is -1.89. The third-order valence-electron chi connectivity index (χ3n) is 2.08. The zero-order valence-electron chi connectivity index (χ0n) is 7.87. The Morgan fingerprint density at radius 1 is 1.53 bits per heavy atom. The zero-order valence-corrected chi connectivity index (χ0v) is 10.3. The van der Waals surface area contributed by atoms with Gasteiger partial charge in [0.2, 0.25) is 0 Å². The fourth-order valence-corrected chi connectivity index (χ4v) is 2.77. The van der Waals surface area contributed by atoms with Crippen molar-refractivity contribution in [2.75, 3.05) is 0 Å². The molecule has 0 aromatic carbocycles. The van der Waals surface area contributed by atoms with Gasteiger partial charge in [-0.15, -0.1) is 11.3 Å². The molecule has 0 spiro atoms. The fourth-order valence-electron chi connectivity index (χ4n) is 1.37. The molecule has 2 N–H and O–H groups in total. The summed E-state index contributed by atoms with van der Waals surface area (Å²) in [5, 5.41) is 10.9. The molecule has 0 fully saturated rings. The van der Waals surface area contributed by atoms with Crippen molar-refractivity contribution in [3.63, 3.8) is 0 Å². The molecule has 0 saturated heterocycles. The number of halogens is 1. The topological polar surface area (TPSA) is 53.1 Å². The molecule has 2 aromatic rings. The van der Waals surface area contributed by atoms with Crippen LogP contribution in [0.3, 0.4) is 0 Å². The molecule has 78 valence electrons. The van der Waals surface area contributed by atoms with E-state index in [0.29, 0.717) is 11.3 Å². The van der Waals surface area contributed by atoms with Crippen molar-refractivity contribution in [3.8, 4) is 10.6 Å². The average Bonchev–Trinajstić information content (AvgIpc) is 2.71. The number of carbonyl (C=O) groups is 1. The number of nitrogens with one attached hydrogen (secondary N) is 1. The average molecular weight is 286 g/mol. The normalized spacial score (nSPS) is 10.5. The first-order chi connectivity index (χ1) is 7.08. The smallest absolute Gasteiger partial charge is 0.337 e. The Bertz CT molecular complexity index is 515. The largest absolute Gasteiger partial charge is 0.478 e. The van der Waals surface area contributed by atoms with Crippen LogP contribution < -0.4 is 0 Å². The van der Waals surface area contributed by atoms with E-state index in [1.54, 1.807) is 24.3 Å². The van der Waals surface area contributed by atoms with Crippen molar-refractivity contribution in [3.05, 3.63) is 33.2 Å². The number of aryl methyl sites for hydroxylation is 1. The minimum absolute atomic E-state index is 0.328. The summed E-state index contributed by atoms with van der Waals surface area (Å²) in [6.45, 7) is 1.76. The molecule has 0 aliphatic carbocycles. The zero-order chi connectivity index (χ0) is 11.0. The third kappa shape index (κ3) is 1.98. The first kappa shape index (κ1) is 10.4. The second-order valence-electron chi connectivity index (χ2n) is 3.16. The van der Waals surface area contributed by atoms with Crippen LogP contribution in [0.25, 0.3) is 10.6 Å². The number of hydrogen-bond acceptors (Lipinski definition) is 2. The summed E-state index contributed by atoms with van der Waals surface area (Å²) in [5.41, 5.74) is 1.86. The van der Waals surface area contributed by atoms with Crippen LogP contribution in [0.15, 0.2) is 22.0 Å². The molecule has 0 atom stereocenters. The molecule has 3 nitrogen and oxygen atoms in total. The number of carboxylic acid groups (broad SMARTS) is 1. The fraction of sp³-hybridized carbons (Fsp3) is 0.100. The first-order valence-corrected chi connectivity index (χ1v) is 5.92. The van der Waals surface area contributed by atoms with E-state index in [0.717, 1.165) is 15.0 Å². The van der Waals surface area contributed by atoms with Gasteiger partial charge in [-0.3, -0.25) is 0 Å². The maximum absolute atomic E-state index is 10.8. The molecule has 0 unspecified atom stereocenters. The highest BCUT2D eigenvalue weighted by molar-refractivity contribution is 9.10. The quantitative estimate of drug-likeness (QED) is 0.887. The molecule has 2 heterocycles. The van der Waals surface area contributed by atoms with E-state index in [9.17, 15) is 4.79 Å². The van der Waals surface area contributed by atoms with E-state index in [1.807, 2.05) is 11.4 Å². The van der Waals surface area contributed by atoms with Crippen molar-refractivity contribution in [2.45, 2.75) is 6.92 Å². The molecule has 5 heteroatoms. The van der Waals surface area contributed by atoms with Gasteiger partial charge in [0.15, 0.2) is 0 Å². The van der Waals surface area contributed by atoms with Crippen LogP contribution in [0.4, 0.5) is 0 Å². The molecule has 0 aliphatic rings. The van der Waals surface area contributed by atoms with Crippen molar-refractivity contribution in [2.24, 2.45) is 0 Å². The highest BCUT2D eigenvalue weighted by Gasteiger charge is 2.12. The Hall–Kier alpha value is -1.07. The number of H-pyrrole nitrogens is 1. The predicted molar refractivity (Wildman–Crippen MR) is 63.5 cm³/mol. The van der Waals surface area contributed by atoms with E-state index >= 15 is 0 Å². The second-order valence-corrected chi connectivity index (χ2v) is 4.98. The Kier molecular flexibility index (Phi) is 2.67. The van der Waals surface area contributed by atoms with Crippen LogP contribution in [0.1, 0.15) is 16.1 Å². The lowest BCUT2D eigenvalue weighted by Crippen LogP contribution is -1.95. The summed E-state index contributed by atoms with van der Waals surface area (Å²) >= 11 is 4.93. The maximum atomic E-state index is 10.8. The van der Waals surface area contributed by atoms with E-state index < -0.39 is 5.97 Å².